The first kappa shape index (κ1) is 10.2. The maximum atomic E-state index is 4.53. The molecule has 2 aromatic rings. The zero-order valence-electron chi connectivity index (χ0n) is 9.49. The summed E-state index contributed by atoms with van der Waals surface area (Å²) >= 11 is 0. The predicted molar refractivity (Wildman–Crippen MR) is 61.9 cm³/mol. The van der Waals surface area contributed by atoms with Gasteiger partial charge in [0.05, 0.1) is 5.69 Å². The number of aryl methyl sites for hydroxylation is 1. The molecule has 1 N–H and O–H groups in total. The number of aromatic nitrogens is 2. The molecule has 0 unspecified atom stereocenters. The Morgan fingerprint density at radius 1 is 1.33 bits per heavy atom. The minimum atomic E-state index is 0.497. The van der Waals surface area contributed by atoms with E-state index >= 15 is 0 Å². The Balaban J connectivity index is 2.23. The van der Waals surface area contributed by atoms with Crippen molar-refractivity contribution < 1.29 is 0 Å². The Kier molecular flexibility index (Phi) is 2.73. The lowest BCUT2D eigenvalue weighted by molar-refractivity contribution is 0.583. The summed E-state index contributed by atoms with van der Waals surface area (Å²) < 4.78 is 2.08. The number of hydrogen-bond acceptors (Lipinski definition) is 2. The SMILES string of the molecule is Cc1ccc2nc(CNC(C)C)cn2c1. The molecule has 0 fully saturated rings. The lowest BCUT2D eigenvalue weighted by atomic mass is 10.3. The Bertz CT molecular complexity index is 457. The molecule has 3 heteroatoms. The summed E-state index contributed by atoms with van der Waals surface area (Å²) in [5.41, 5.74) is 3.36. The molecule has 0 bridgehead atoms. The summed E-state index contributed by atoms with van der Waals surface area (Å²) in [6, 6.07) is 4.63. The molecule has 15 heavy (non-hydrogen) atoms. The molecule has 0 radical (unpaired) electrons. The van der Waals surface area contributed by atoms with Crippen LogP contribution in [0.2, 0.25) is 0 Å². The maximum Gasteiger partial charge on any atom is 0.137 e. The van der Waals surface area contributed by atoms with Crippen molar-refractivity contribution in [2.24, 2.45) is 0 Å². The predicted octanol–water partition coefficient (Wildman–Crippen LogP) is 2.14. The van der Waals surface area contributed by atoms with Crippen LogP contribution in [0.1, 0.15) is 25.1 Å². The third-order valence-corrected chi connectivity index (χ3v) is 2.34. The Hall–Kier alpha value is -1.35. The lowest BCUT2D eigenvalue weighted by Crippen LogP contribution is -2.21. The summed E-state index contributed by atoms with van der Waals surface area (Å²) in [5.74, 6) is 0. The third-order valence-electron chi connectivity index (χ3n) is 2.34. The van der Waals surface area contributed by atoms with Crippen molar-refractivity contribution in [1.29, 1.82) is 0 Å². The van der Waals surface area contributed by atoms with Crippen LogP contribution in [-0.4, -0.2) is 15.4 Å². The first-order chi connectivity index (χ1) is 7.15. The molecule has 2 aromatic heterocycles. The van der Waals surface area contributed by atoms with E-state index in [1.807, 2.05) is 6.07 Å². The van der Waals surface area contributed by atoms with Gasteiger partial charge in [-0.3, -0.25) is 0 Å². The number of rotatable bonds is 3. The number of imidazole rings is 1. The standard InChI is InChI=1S/C12H17N3/c1-9(2)13-6-11-8-15-7-10(3)4-5-12(15)14-11/h4-5,7-9,13H,6H2,1-3H3. The van der Waals surface area contributed by atoms with Crippen LogP contribution >= 0.6 is 0 Å². The molecule has 3 nitrogen and oxygen atoms in total. The van der Waals surface area contributed by atoms with Gasteiger partial charge in [0, 0.05) is 25.0 Å². The fraction of sp³-hybridized carbons (Fsp3) is 0.417. The average molecular weight is 203 g/mol. The molecule has 2 rings (SSSR count). The first-order valence-electron chi connectivity index (χ1n) is 5.33. The van der Waals surface area contributed by atoms with Gasteiger partial charge < -0.3 is 9.72 Å². The minimum Gasteiger partial charge on any atom is -0.309 e. The van der Waals surface area contributed by atoms with Gasteiger partial charge in [-0.15, -0.1) is 0 Å². The van der Waals surface area contributed by atoms with Crippen molar-refractivity contribution in [3.63, 3.8) is 0 Å². The molecule has 0 saturated carbocycles. The highest BCUT2D eigenvalue weighted by Gasteiger charge is 2.01. The summed E-state index contributed by atoms with van der Waals surface area (Å²) in [6.07, 6.45) is 4.18. The number of hydrogen-bond donors (Lipinski definition) is 1. The normalized spacial score (nSPS) is 11.5. The smallest absolute Gasteiger partial charge is 0.137 e. The van der Waals surface area contributed by atoms with Crippen molar-refractivity contribution in [3.05, 3.63) is 35.8 Å². The van der Waals surface area contributed by atoms with Gasteiger partial charge in [-0.1, -0.05) is 19.9 Å². The van der Waals surface area contributed by atoms with Gasteiger partial charge in [0.1, 0.15) is 5.65 Å². The average Bonchev–Trinajstić information content (AvgIpc) is 2.56. The van der Waals surface area contributed by atoms with E-state index in [1.165, 1.54) is 5.56 Å². The highest BCUT2D eigenvalue weighted by atomic mass is 15.0. The van der Waals surface area contributed by atoms with Crippen LogP contribution in [0.15, 0.2) is 24.5 Å². The molecule has 2 heterocycles. The molecule has 0 spiro atoms. The molecular formula is C12H17N3. The summed E-state index contributed by atoms with van der Waals surface area (Å²) in [4.78, 5) is 4.53. The van der Waals surface area contributed by atoms with E-state index < -0.39 is 0 Å². The lowest BCUT2D eigenvalue weighted by Gasteiger charge is -2.04. The quantitative estimate of drug-likeness (QED) is 0.828. The summed E-state index contributed by atoms with van der Waals surface area (Å²) in [7, 11) is 0. The molecule has 80 valence electrons. The Morgan fingerprint density at radius 3 is 2.87 bits per heavy atom. The number of nitrogens with zero attached hydrogens (tertiary/aromatic N) is 2. The molecule has 0 aliphatic heterocycles. The van der Waals surface area contributed by atoms with E-state index in [4.69, 9.17) is 0 Å². The highest BCUT2D eigenvalue weighted by Crippen LogP contribution is 2.07. The van der Waals surface area contributed by atoms with Crippen molar-refractivity contribution >= 4 is 5.65 Å². The molecule has 0 amide bonds. The van der Waals surface area contributed by atoms with Crippen molar-refractivity contribution in [3.8, 4) is 0 Å². The fourth-order valence-electron chi connectivity index (χ4n) is 1.55. The fourth-order valence-corrected chi connectivity index (χ4v) is 1.55. The third kappa shape index (κ3) is 2.36. The zero-order valence-corrected chi connectivity index (χ0v) is 9.49. The molecule has 0 atom stereocenters. The Morgan fingerprint density at radius 2 is 2.13 bits per heavy atom. The summed E-state index contributed by atoms with van der Waals surface area (Å²) in [6.45, 7) is 7.20. The second-order valence-corrected chi connectivity index (χ2v) is 4.24. The van der Waals surface area contributed by atoms with Gasteiger partial charge in [-0.05, 0) is 18.6 Å². The van der Waals surface area contributed by atoms with Crippen LogP contribution in [0.3, 0.4) is 0 Å². The van der Waals surface area contributed by atoms with Crippen LogP contribution in [0.4, 0.5) is 0 Å². The largest absolute Gasteiger partial charge is 0.309 e. The topological polar surface area (TPSA) is 29.3 Å². The minimum absolute atomic E-state index is 0.497. The second-order valence-electron chi connectivity index (χ2n) is 4.24. The van der Waals surface area contributed by atoms with Crippen LogP contribution in [0, 0.1) is 6.92 Å². The van der Waals surface area contributed by atoms with Gasteiger partial charge in [0.25, 0.3) is 0 Å². The number of nitrogens with one attached hydrogen (secondary N) is 1. The Labute approximate surface area is 90.1 Å². The number of pyridine rings is 1. The maximum absolute atomic E-state index is 4.53. The van der Waals surface area contributed by atoms with Gasteiger partial charge in [-0.2, -0.15) is 0 Å². The van der Waals surface area contributed by atoms with E-state index in [0.29, 0.717) is 6.04 Å². The van der Waals surface area contributed by atoms with Gasteiger partial charge >= 0.3 is 0 Å². The first-order valence-corrected chi connectivity index (χ1v) is 5.33. The van der Waals surface area contributed by atoms with Crippen LogP contribution in [-0.2, 0) is 6.54 Å². The van der Waals surface area contributed by atoms with Crippen molar-refractivity contribution in [2.45, 2.75) is 33.4 Å². The molecule has 0 saturated heterocycles. The van der Waals surface area contributed by atoms with Crippen LogP contribution in [0.25, 0.3) is 5.65 Å². The molecule has 0 aliphatic rings. The summed E-state index contributed by atoms with van der Waals surface area (Å²) in [5, 5.41) is 3.36. The second kappa shape index (κ2) is 4.03. The van der Waals surface area contributed by atoms with Crippen LogP contribution < -0.4 is 5.32 Å². The zero-order chi connectivity index (χ0) is 10.8. The van der Waals surface area contributed by atoms with Gasteiger partial charge in [0.15, 0.2) is 0 Å². The van der Waals surface area contributed by atoms with E-state index in [-0.39, 0.29) is 0 Å². The van der Waals surface area contributed by atoms with E-state index in [0.717, 1.165) is 17.9 Å². The number of fused-ring (bicyclic) bond motifs is 1. The highest BCUT2D eigenvalue weighted by molar-refractivity contribution is 5.41. The molecular weight excluding hydrogens is 186 g/mol. The van der Waals surface area contributed by atoms with E-state index in [2.05, 4.69) is 53.9 Å². The van der Waals surface area contributed by atoms with Gasteiger partial charge in [-0.25, -0.2) is 4.98 Å². The van der Waals surface area contributed by atoms with Crippen molar-refractivity contribution in [2.75, 3.05) is 0 Å². The van der Waals surface area contributed by atoms with E-state index in [1.54, 1.807) is 0 Å². The molecule has 0 aromatic carbocycles. The van der Waals surface area contributed by atoms with Crippen LogP contribution in [0.5, 0.6) is 0 Å². The van der Waals surface area contributed by atoms with Crippen molar-refractivity contribution in [1.82, 2.24) is 14.7 Å². The van der Waals surface area contributed by atoms with E-state index in [9.17, 15) is 0 Å². The molecule has 0 aliphatic carbocycles. The monoisotopic (exact) mass is 203 g/mol. The van der Waals surface area contributed by atoms with Gasteiger partial charge in [0.2, 0.25) is 0 Å².